The number of rotatable bonds is 15. The number of nitrogens with one attached hydrogen (secondary N) is 2. The lowest BCUT2D eigenvalue weighted by molar-refractivity contribution is -0.140. The number of carbonyl (C=O) groups excluding carboxylic acids is 1. The SMILES string of the molecule is CCCc1noc([C@H]2O[C@@H](n3cnc4c(NCC(c5ccccc5)c5ccccc5)nc(NCCc5cn(C)cn5)nc43)[C@H](O)[C@@H]2OC=O)n1. The largest absolute Gasteiger partial charge is 0.458 e. The first-order valence-corrected chi connectivity index (χ1v) is 16.6. The molecule has 0 unspecified atom stereocenters. The van der Waals surface area contributed by atoms with Gasteiger partial charge in [0.05, 0.1) is 18.3 Å². The first kappa shape index (κ1) is 32.9. The minimum absolute atomic E-state index is 0.0130. The number of benzene rings is 2. The third-order valence-electron chi connectivity index (χ3n) is 8.62. The number of aryl methyl sites for hydroxylation is 2. The Morgan fingerprint density at radius 2 is 1.74 bits per heavy atom. The second kappa shape index (κ2) is 14.8. The normalized spacial score (nSPS) is 18.9. The molecule has 0 spiro atoms. The van der Waals surface area contributed by atoms with Crippen LogP contribution >= 0.6 is 0 Å². The molecule has 15 nitrogen and oxygen atoms in total. The second-order valence-electron chi connectivity index (χ2n) is 12.1. The third-order valence-corrected chi connectivity index (χ3v) is 8.62. The lowest BCUT2D eigenvalue weighted by Gasteiger charge is -2.20. The van der Waals surface area contributed by atoms with Gasteiger partial charge in [0.2, 0.25) is 5.95 Å². The van der Waals surface area contributed by atoms with Gasteiger partial charge in [-0.25, -0.2) is 9.97 Å². The number of imidazole rings is 2. The van der Waals surface area contributed by atoms with Crippen molar-refractivity contribution in [1.82, 2.24) is 39.2 Å². The molecule has 0 bridgehead atoms. The van der Waals surface area contributed by atoms with Gasteiger partial charge in [-0.1, -0.05) is 72.7 Å². The summed E-state index contributed by atoms with van der Waals surface area (Å²) in [5, 5.41) is 22.3. The fourth-order valence-corrected chi connectivity index (χ4v) is 6.20. The minimum atomic E-state index is -1.31. The summed E-state index contributed by atoms with van der Waals surface area (Å²) in [5.41, 5.74) is 4.08. The van der Waals surface area contributed by atoms with E-state index in [4.69, 9.17) is 24.0 Å². The fourth-order valence-electron chi connectivity index (χ4n) is 6.20. The molecule has 6 aromatic rings. The molecule has 1 aliphatic rings. The predicted molar refractivity (Wildman–Crippen MR) is 182 cm³/mol. The van der Waals surface area contributed by atoms with Gasteiger partial charge in [0.25, 0.3) is 12.4 Å². The maximum absolute atomic E-state index is 11.5. The topological polar surface area (TPSA) is 180 Å². The molecular weight excluding hydrogens is 640 g/mol. The van der Waals surface area contributed by atoms with Crippen LogP contribution in [-0.2, 0) is 34.2 Å². The van der Waals surface area contributed by atoms with Crippen molar-refractivity contribution in [1.29, 1.82) is 0 Å². The molecule has 1 saturated heterocycles. The number of aromatic nitrogens is 8. The number of fused-ring (bicyclic) bond motifs is 1. The Morgan fingerprint density at radius 1 is 0.980 bits per heavy atom. The van der Waals surface area contributed by atoms with Crippen molar-refractivity contribution in [3.05, 3.63) is 108 Å². The van der Waals surface area contributed by atoms with Crippen molar-refractivity contribution < 1.29 is 23.9 Å². The Labute approximate surface area is 287 Å². The van der Waals surface area contributed by atoms with Crippen LogP contribution in [-0.4, -0.2) is 76.1 Å². The minimum Gasteiger partial charge on any atom is -0.458 e. The third kappa shape index (κ3) is 6.91. The quantitative estimate of drug-likeness (QED) is 0.133. The standard InChI is InChI=1S/C35H38N10O5/c1-3-10-26-40-33(50-43-26)30-29(48-21-46)28(47)34(49-30)45-20-39-27-31(41-35(42-32(27)45)36-16-15-24-18-44(2)19-38-24)37-17-25(22-11-6-4-7-12-22)23-13-8-5-9-14-23/h4-9,11-14,18-21,25,28-30,34,47H,3,10,15-17H2,1-2H3,(H2,36,37,41,42)/t28-,29+,30+,34-/m1/s1. The van der Waals surface area contributed by atoms with Gasteiger partial charge >= 0.3 is 0 Å². The van der Waals surface area contributed by atoms with Crippen molar-refractivity contribution in [2.24, 2.45) is 7.05 Å². The van der Waals surface area contributed by atoms with Crippen LogP contribution in [0.2, 0.25) is 0 Å². The van der Waals surface area contributed by atoms with Gasteiger partial charge in [-0.2, -0.15) is 15.0 Å². The Balaban J connectivity index is 1.22. The van der Waals surface area contributed by atoms with Gasteiger partial charge < -0.3 is 34.3 Å². The van der Waals surface area contributed by atoms with E-state index in [1.807, 2.05) is 61.1 Å². The van der Waals surface area contributed by atoms with E-state index in [2.05, 4.69) is 55.0 Å². The molecular formula is C35H38N10O5. The summed E-state index contributed by atoms with van der Waals surface area (Å²) in [4.78, 5) is 34.7. The highest BCUT2D eigenvalue weighted by atomic mass is 16.6. The van der Waals surface area contributed by atoms with Gasteiger partial charge in [0.1, 0.15) is 6.10 Å². The molecule has 0 aliphatic carbocycles. The van der Waals surface area contributed by atoms with E-state index in [0.29, 0.717) is 54.7 Å². The van der Waals surface area contributed by atoms with Gasteiger partial charge in [0.15, 0.2) is 41.2 Å². The zero-order valence-corrected chi connectivity index (χ0v) is 27.7. The lowest BCUT2D eigenvalue weighted by atomic mass is 9.91. The van der Waals surface area contributed by atoms with Crippen molar-refractivity contribution in [3.8, 4) is 0 Å². The predicted octanol–water partition coefficient (Wildman–Crippen LogP) is 3.97. The smallest absolute Gasteiger partial charge is 0.293 e. The van der Waals surface area contributed by atoms with E-state index in [1.165, 1.54) is 6.33 Å². The Hall–Kier alpha value is -5.67. The first-order chi connectivity index (χ1) is 24.5. The van der Waals surface area contributed by atoms with Crippen LogP contribution in [0.4, 0.5) is 11.8 Å². The van der Waals surface area contributed by atoms with E-state index >= 15 is 0 Å². The number of hydrogen-bond donors (Lipinski definition) is 3. The summed E-state index contributed by atoms with van der Waals surface area (Å²) < 4.78 is 20.5. The second-order valence-corrected chi connectivity index (χ2v) is 12.1. The van der Waals surface area contributed by atoms with Crippen LogP contribution in [0.5, 0.6) is 0 Å². The number of nitrogens with zero attached hydrogens (tertiary/aromatic N) is 8. The molecule has 5 heterocycles. The molecule has 0 saturated carbocycles. The van der Waals surface area contributed by atoms with Crippen LogP contribution in [0.25, 0.3) is 11.2 Å². The van der Waals surface area contributed by atoms with Crippen LogP contribution < -0.4 is 10.6 Å². The van der Waals surface area contributed by atoms with Crippen molar-refractivity contribution in [2.75, 3.05) is 23.7 Å². The van der Waals surface area contributed by atoms with Crippen LogP contribution in [0.1, 0.15) is 60.1 Å². The summed E-state index contributed by atoms with van der Waals surface area (Å²) >= 11 is 0. The maximum atomic E-state index is 11.5. The first-order valence-electron chi connectivity index (χ1n) is 16.6. The van der Waals surface area contributed by atoms with E-state index in [-0.39, 0.29) is 18.3 Å². The van der Waals surface area contributed by atoms with Crippen molar-refractivity contribution in [2.45, 2.75) is 56.6 Å². The monoisotopic (exact) mass is 678 g/mol. The molecule has 50 heavy (non-hydrogen) atoms. The maximum Gasteiger partial charge on any atom is 0.293 e. The zero-order valence-electron chi connectivity index (χ0n) is 27.7. The summed E-state index contributed by atoms with van der Waals surface area (Å²) in [6.07, 6.45) is 2.83. The van der Waals surface area contributed by atoms with Crippen molar-refractivity contribution >= 4 is 29.4 Å². The number of ether oxygens (including phenoxy) is 2. The Morgan fingerprint density at radius 3 is 2.42 bits per heavy atom. The Kier molecular flexibility index (Phi) is 9.75. The molecule has 3 N–H and O–H groups in total. The van der Waals surface area contributed by atoms with Crippen LogP contribution in [0.15, 0.2) is 84.0 Å². The molecule has 258 valence electrons. The molecule has 0 amide bonds. The van der Waals surface area contributed by atoms with Gasteiger partial charge in [-0.15, -0.1) is 0 Å². The van der Waals surface area contributed by atoms with Crippen molar-refractivity contribution in [3.63, 3.8) is 0 Å². The summed E-state index contributed by atoms with van der Waals surface area (Å²) in [6.45, 7) is 3.30. The summed E-state index contributed by atoms with van der Waals surface area (Å²) in [5.74, 6) is 1.46. The van der Waals surface area contributed by atoms with Crippen LogP contribution in [0.3, 0.4) is 0 Å². The van der Waals surface area contributed by atoms with E-state index in [1.54, 1.807) is 10.9 Å². The highest BCUT2D eigenvalue weighted by Gasteiger charge is 2.50. The highest BCUT2D eigenvalue weighted by molar-refractivity contribution is 5.84. The average molecular weight is 679 g/mol. The number of carbonyl (C=O) groups is 1. The molecule has 4 aromatic heterocycles. The highest BCUT2D eigenvalue weighted by Crippen LogP contribution is 2.41. The number of aliphatic hydroxyl groups is 1. The molecule has 7 rings (SSSR count). The summed E-state index contributed by atoms with van der Waals surface area (Å²) in [7, 11) is 1.93. The molecule has 4 atom stereocenters. The van der Waals surface area contributed by atoms with E-state index < -0.39 is 24.5 Å². The Bertz CT molecular complexity index is 1970. The fraction of sp³-hybridized carbons (Fsp3) is 0.343. The molecule has 2 aromatic carbocycles. The van der Waals surface area contributed by atoms with Gasteiger partial charge in [-0.3, -0.25) is 9.36 Å². The number of anilines is 2. The number of hydrogen-bond acceptors (Lipinski definition) is 13. The van der Waals surface area contributed by atoms with Crippen LogP contribution in [0, 0.1) is 0 Å². The molecule has 15 heteroatoms. The van der Waals surface area contributed by atoms with Gasteiger partial charge in [-0.05, 0) is 17.5 Å². The van der Waals surface area contributed by atoms with Gasteiger partial charge in [0, 0.05) is 45.1 Å². The molecule has 0 radical (unpaired) electrons. The number of aliphatic hydroxyl groups excluding tert-OH is 1. The molecule has 1 fully saturated rings. The average Bonchev–Trinajstić information content (AvgIpc) is 3.94. The zero-order chi connectivity index (χ0) is 34.5. The molecule has 1 aliphatic heterocycles. The lowest BCUT2D eigenvalue weighted by Crippen LogP contribution is -2.31. The summed E-state index contributed by atoms with van der Waals surface area (Å²) in [6, 6.07) is 20.5. The van der Waals surface area contributed by atoms with E-state index in [0.717, 1.165) is 23.2 Å². The van der Waals surface area contributed by atoms with E-state index in [9.17, 15) is 9.90 Å².